The normalized spacial score (nSPS) is 10.3. The molecule has 0 atom stereocenters. The van der Waals surface area contributed by atoms with Crippen molar-refractivity contribution in [2.45, 2.75) is 0 Å². The largest absolute Gasteiger partial charge is 0.545 e. The first-order valence-electron chi connectivity index (χ1n) is 8.07. The molecule has 3 aromatic rings. The summed E-state index contributed by atoms with van der Waals surface area (Å²) >= 11 is 0. The van der Waals surface area contributed by atoms with E-state index in [1.54, 1.807) is 42.5 Å². The molecule has 0 unspecified atom stereocenters. The minimum Gasteiger partial charge on any atom is -0.545 e. The number of hydrogen-bond donors (Lipinski definition) is 1. The number of nitrogens with zero attached hydrogens (tertiary/aromatic N) is 2. The Morgan fingerprint density at radius 2 is 1.54 bits per heavy atom. The van der Waals surface area contributed by atoms with Crippen LogP contribution < -0.4 is 10.0 Å². The van der Waals surface area contributed by atoms with E-state index in [-0.39, 0.29) is 22.4 Å². The molecule has 1 N–H and O–H groups in total. The average Bonchev–Trinajstić information content (AvgIpc) is 2.68. The van der Waals surface area contributed by atoms with Gasteiger partial charge in [-0.05, 0) is 24.3 Å². The smallest absolute Gasteiger partial charge is 0.416 e. The van der Waals surface area contributed by atoms with Crippen LogP contribution in [-0.2, 0) is 0 Å². The van der Waals surface area contributed by atoms with Gasteiger partial charge in [-0.3, -0.25) is 10.1 Å². The number of hydrogen-bond acceptors (Lipinski definition) is 5. The fraction of sp³-hybridized carbons (Fsp3) is 0. The lowest BCUT2D eigenvalue weighted by Gasteiger charge is -2.22. The molecule has 28 heavy (non-hydrogen) atoms. The first-order chi connectivity index (χ1) is 13.4. The molecule has 0 aromatic heterocycles. The van der Waals surface area contributed by atoms with E-state index in [9.17, 15) is 29.9 Å². The predicted molar refractivity (Wildman–Crippen MR) is 99.5 cm³/mol. The molecule has 0 aliphatic carbocycles. The van der Waals surface area contributed by atoms with Crippen LogP contribution in [0.4, 0.5) is 21.9 Å². The van der Waals surface area contributed by atoms with Crippen molar-refractivity contribution in [2.24, 2.45) is 0 Å². The number of carboxylic acids is 1. The fourth-order valence-corrected chi connectivity index (χ4v) is 2.86. The van der Waals surface area contributed by atoms with Gasteiger partial charge < -0.3 is 15.0 Å². The van der Waals surface area contributed by atoms with E-state index in [0.717, 1.165) is 11.0 Å². The van der Waals surface area contributed by atoms with Gasteiger partial charge in [0.15, 0.2) is 0 Å². The highest BCUT2D eigenvalue weighted by Gasteiger charge is 2.24. The summed E-state index contributed by atoms with van der Waals surface area (Å²) in [7, 11) is 0. The van der Waals surface area contributed by atoms with Crippen molar-refractivity contribution in [3.63, 3.8) is 0 Å². The van der Waals surface area contributed by atoms with Crippen LogP contribution in [0.15, 0.2) is 72.8 Å². The quantitative estimate of drug-likeness (QED) is 0.536. The summed E-state index contributed by atoms with van der Waals surface area (Å²) in [5, 5.41) is 32.3. The van der Waals surface area contributed by atoms with Crippen LogP contribution in [0.3, 0.4) is 0 Å². The van der Waals surface area contributed by atoms with Crippen molar-refractivity contribution in [1.29, 1.82) is 0 Å². The Bertz CT molecular complexity index is 1070. The van der Waals surface area contributed by atoms with Crippen molar-refractivity contribution in [2.75, 3.05) is 4.90 Å². The molecular weight excluding hydrogens is 364 g/mol. The minimum atomic E-state index is -1.54. The molecule has 0 saturated heterocycles. The highest BCUT2D eigenvalue weighted by Crippen LogP contribution is 2.39. The molecule has 0 heterocycles. The van der Waals surface area contributed by atoms with Crippen LogP contribution in [0, 0.1) is 10.1 Å². The molecular formula is C20H13N2O6-. The molecule has 1 amide bonds. The lowest BCUT2D eigenvalue weighted by atomic mass is 9.99. The summed E-state index contributed by atoms with van der Waals surface area (Å²) in [5.74, 6) is -1.54. The second kappa shape index (κ2) is 7.58. The molecule has 8 heteroatoms. The highest BCUT2D eigenvalue weighted by molar-refractivity contribution is 6.01. The van der Waals surface area contributed by atoms with E-state index in [2.05, 4.69) is 0 Å². The van der Waals surface area contributed by atoms with Crippen molar-refractivity contribution in [1.82, 2.24) is 0 Å². The van der Waals surface area contributed by atoms with E-state index in [1.807, 2.05) is 0 Å². The van der Waals surface area contributed by atoms with Gasteiger partial charge in [0.2, 0.25) is 0 Å². The average molecular weight is 377 g/mol. The molecule has 0 aliphatic heterocycles. The van der Waals surface area contributed by atoms with E-state index in [0.29, 0.717) is 5.69 Å². The topological polar surface area (TPSA) is 124 Å². The second-order valence-corrected chi connectivity index (χ2v) is 5.75. The van der Waals surface area contributed by atoms with Gasteiger partial charge in [-0.15, -0.1) is 0 Å². The predicted octanol–water partition coefficient (Wildman–Crippen LogP) is 3.44. The lowest BCUT2D eigenvalue weighted by molar-refractivity contribution is -0.384. The summed E-state index contributed by atoms with van der Waals surface area (Å²) in [6.45, 7) is 0. The number of rotatable bonds is 5. The zero-order valence-electron chi connectivity index (χ0n) is 14.3. The van der Waals surface area contributed by atoms with Crippen LogP contribution in [-0.4, -0.2) is 22.1 Å². The molecule has 3 aromatic carbocycles. The first-order valence-corrected chi connectivity index (χ1v) is 8.07. The van der Waals surface area contributed by atoms with Gasteiger partial charge in [0.25, 0.3) is 5.69 Å². The Kier molecular flexibility index (Phi) is 5.03. The van der Waals surface area contributed by atoms with Gasteiger partial charge in [-0.25, -0.2) is 9.69 Å². The van der Waals surface area contributed by atoms with Crippen LogP contribution in [0.1, 0.15) is 10.4 Å². The monoisotopic (exact) mass is 377 g/mol. The number of benzene rings is 3. The molecule has 3 rings (SSSR count). The van der Waals surface area contributed by atoms with Gasteiger partial charge in [0, 0.05) is 17.2 Å². The van der Waals surface area contributed by atoms with Gasteiger partial charge in [0.05, 0.1) is 27.8 Å². The number of para-hydroxylation sites is 2. The summed E-state index contributed by atoms with van der Waals surface area (Å²) in [4.78, 5) is 34.8. The number of aromatic carboxylic acids is 1. The van der Waals surface area contributed by atoms with Gasteiger partial charge in [-0.1, -0.05) is 42.5 Å². The number of carbonyl (C=O) groups is 2. The number of amides is 1. The molecule has 0 spiro atoms. The standard InChI is InChI=1S/C20H14N2O6/c23-19(24)13-10-11-16(18(12-13)22(27)28)15-8-4-5-9-17(15)21(20(25)26)14-6-2-1-3-7-14/h1-12H,(H,23,24)(H,25,26)/p-1. The SMILES string of the molecule is O=C([O-])c1ccc(-c2ccccc2N(C(=O)O)c2ccccc2)c([N+](=O)[O-])c1. The number of nitro groups is 1. The number of anilines is 2. The Morgan fingerprint density at radius 3 is 2.14 bits per heavy atom. The lowest BCUT2D eigenvalue weighted by Crippen LogP contribution is -2.24. The van der Waals surface area contributed by atoms with E-state index in [1.165, 1.54) is 24.3 Å². The molecule has 0 radical (unpaired) electrons. The highest BCUT2D eigenvalue weighted by atomic mass is 16.6. The Balaban J connectivity index is 2.25. The third-order valence-electron chi connectivity index (χ3n) is 4.07. The Labute approximate surface area is 159 Å². The van der Waals surface area contributed by atoms with Gasteiger partial charge >= 0.3 is 6.09 Å². The van der Waals surface area contributed by atoms with E-state index < -0.39 is 22.7 Å². The van der Waals surface area contributed by atoms with Crippen LogP contribution in [0.5, 0.6) is 0 Å². The van der Waals surface area contributed by atoms with Gasteiger partial charge in [-0.2, -0.15) is 0 Å². The minimum absolute atomic E-state index is 0.0905. The summed E-state index contributed by atoms with van der Waals surface area (Å²) in [6.07, 6.45) is -1.27. The van der Waals surface area contributed by atoms with Crippen molar-refractivity contribution in [3.8, 4) is 11.1 Å². The maximum Gasteiger partial charge on any atom is 0.416 e. The molecule has 0 fully saturated rings. The maximum atomic E-state index is 12.0. The number of carboxylic acid groups (broad SMARTS) is 2. The number of nitro benzene ring substituents is 1. The summed E-state index contributed by atoms with van der Waals surface area (Å²) in [5.41, 5.74) is 0.110. The molecule has 0 bridgehead atoms. The first kappa shape index (κ1) is 18.6. The number of carbonyl (C=O) groups excluding carboxylic acids is 1. The summed E-state index contributed by atoms with van der Waals surface area (Å²) in [6, 6.07) is 17.9. The zero-order valence-corrected chi connectivity index (χ0v) is 14.3. The molecule has 0 saturated carbocycles. The second-order valence-electron chi connectivity index (χ2n) is 5.75. The summed E-state index contributed by atoms with van der Waals surface area (Å²) < 4.78 is 0. The van der Waals surface area contributed by atoms with E-state index >= 15 is 0 Å². The van der Waals surface area contributed by atoms with E-state index in [4.69, 9.17) is 0 Å². The molecule has 8 nitrogen and oxygen atoms in total. The molecule has 0 aliphatic rings. The maximum absolute atomic E-state index is 12.0. The molecule has 140 valence electrons. The third kappa shape index (κ3) is 3.51. The van der Waals surface area contributed by atoms with Crippen molar-refractivity contribution in [3.05, 3.63) is 88.5 Å². The van der Waals surface area contributed by atoms with Crippen LogP contribution in [0.25, 0.3) is 11.1 Å². The van der Waals surface area contributed by atoms with Gasteiger partial charge in [0.1, 0.15) is 0 Å². The Morgan fingerprint density at radius 1 is 0.893 bits per heavy atom. The fourth-order valence-electron chi connectivity index (χ4n) is 2.86. The van der Waals surface area contributed by atoms with Crippen LogP contribution >= 0.6 is 0 Å². The van der Waals surface area contributed by atoms with Crippen molar-refractivity contribution < 1.29 is 24.7 Å². The zero-order chi connectivity index (χ0) is 20.3. The van der Waals surface area contributed by atoms with Crippen LogP contribution in [0.2, 0.25) is 0 Å². The third-order valence-corrected chi connectivity index (χ3v) is 4.07. The van der Waals surface area contributed by atoms with Crippen molar-refractivity contribution >= 4 is 29.1 Å². The Hall–Kier alpha value is -4.20.